The largest absolute Gasteiger partial charge is 0.435 e. The van der Waals surface area contributed by atoms with Crippen molar-refractivity contribution in [2.45, 2.75) is 6.92 Å². The van der Waals surface area contributed by atoms with Crippen molar-refractivity contribution < 1.29 is 9.53 Å². The van der Waals surface area contributed by atoms with E-state index in [0.717, 1.165) is 6.26 Å². The first-order chi connectivity index (χ1) is 8.43. The maximum atomic E-state index is 10.9. The number of aromatic nitrogens is 4. The Morgan fingerprint density at radius 2 is 1.67 bits per heavy atom. The Morgan fingerprint density at radius 3 is 2.11 bits per heavy atom. The molecule has 0 radical (unpaired) electrons. The van der Waals surface area contributed by atoms with Gasteiger partial charge in [-0.2, -0.15) is 0 Å². The van der Waals surface area contributed by atoms with E-state index in [1.807, 2.05) is 4.98 Å². The molecule has 18 heavy (non-hydrogen) atoms. The minimum absolute atomic E-state index is 0.0413. The minimum atomic E-state index is -0.650. The molecule has 0 fully saturated rings. The Bertz CT molecular complexity index is 731. The molecule has 2 aromatic heterocycles. The summed E-state index contributed by atoms with van der Waals surface area (Å²) < 4.78 is 4.17. The number of H-pyrrole nitrogens is 4. The fourth-order valence-corrected chi connectivity index (χ4v) is 1.08. The molecule has 2 aromatic rings. The van der Waals surface area contributed by atoms with Crippen LogP contribution in [0.2, 0.25) is 0 Å². The molecule has 0 aliphatic heterocycles. The molecule has 0 unspecified atom stereocenters. The predicted molar refractivity (Wildman–Crippen MR) is 62.1 cm³/mol. The number of carbonyl (C=O) groups excluding carboxylic acids is 1. The molecule has 0 aromatic carbocycles. The number of ether oxygens (including phenoxy) is 1. The molecule has 4 N–H and O–H groups in total. The van der Waals surface area contributed by atoms with E-state index < -0.39 is 16.9 Å². The fraction of sp³-hybridized carbons (Fsp3) is 0.111. The Balaban J connectivity index is 0.000000232. The lowest BCUT2D eigenvalue weighted by Crippen LogP contribution is -2.21. The van der Waals surface area contributed by atoms with Crippen LogP contribution in [0.15, 0.2) is 27.2 Å². The maximum absolute atomic E-state index is 10.9. The van der Waals surface area contributed by atoms with E-state index in [2.05, 4.69) is 26.3 Å². The van der Waals surface area contributed by atoms with Gasteiger partial charge in [0.1, 0.15) is 11.2 Å². The van der Waals surface area contributed by atoms with Crippen molar-refractivity contribution in [3.8, 4) is 0 Å². The van der Waals surface area contributed by atoms with Gasteiger partial charge in [-0.25, -0.2) is 9.59 Å². The maximum Gasteiger partial charge on any atom is 0.327 e. The quantitative estimate of drug-likeness (QED) is 0.378. The van der Waals surface area contributed by atoms with Crippen LogP contribution in [0, 0.1) is 0 Å². The van der Waals surface area contributed by atoms with Crippen LogP contribution in [-0.4, -0.2) is 25.9 Å². The summed E-state index contributed by atoms with van der Waals surface area (Å²) in [5.74, 6) is -0.329. The molecule has 2 rings (SSSR count). The van der Waals surface area contributed by atoms with Crippen LogP contribution in [-0.2, 0) is 9.53 Å². The number of hydrogen-bond acceptors (Lipinski definition) is 5. The monoisotopic (exact) mass is 254 g/mol. The number of esters is 1. The first-order valence-electron chi connectivity index (χ1n) is 4.66. The van der Waals surface area contributed by atoms with Gasteiger partial charge < -0.3 is 4.74 Å². The first kappa shape index (κ1) is 13.2. The fourth-order valence-electron chi connectivity index (χ4n) is 1.08. The number of carbonyl (C=O) groups is 1. The van der Waals surface area contributed by atoms with E-state index in [-0.39, 0.29) is 17.1 Å². The third-order valence-corrected chi connectivity index (χ3v) is 1.67. The molecule has 0 bridgehead atoms. The molecular formula is C9H10N4O5. The smallest absolute Gasteiger partial charge is 0.327 e. The highest BCUT2D eigenvalue weighted by atomic mass is 16.5. The van der Waals surface area contributed by atoms with Gasteiger partial charge in [-0.15, -0.1) is 0 Å². The van der Waals surface area contributed by atoms with E-state index >= 15 is 0 Å². The predicted octanol–water partition coefficient (Wildman–Crippen LogP) is -1.07. The van der Waals surface area contributed by atoms with Crippen LogP contribution < -0.4 is 16.9 Å². The molecule has 0 saturated carbocycles. The SMILES string of the molecule is C=COC(C)=O.O=c1[nH]c(=O)c2[nH]c(=O)[nH]c2[nH]1. The summed E-state index contributed by atoms with van der Waals surface area (Å²) >= 11 is 0. The van der Waals surface area contributed by atoms with E-state index in [9.17, 15) is 19.2 Å². The van der Waals surface area contributed by atoms with Crippen LogP contribution in [0.1, 0.15) is 6.92 Å². The molecule has 0 atom stereocenters. The summed E-state index contributed by atoms with van der Waals surface area (Å²) in [4.78, 5) is 50.7. The summed E-state index contributed by atoms with van der Waals surface area (Å²) in [6.07, 6.45) is 1.10. The number of imidazole rings is 1. The molecular weight excluding hydrogens is 244 g/mol. The number of aromatic amines is 4. The summed E-state index contributed by atoms with van der Waals surface area (Å²) in [7, 11) is 0. The van der Waals surface area contributed by atoms with Gasteiger partial charge in [-0.3, -0.25) is 29.5 Å². The zero-order valence-corrected chi connectivity index (χ0v) is 9.33. The van der Waals surface area contributed by atoms with Gasteiger partial charge in [0, 0.05) is 6.92 Å². The number of hydrogen-bond donors (Lipinski definition) is 4. The van der Waals surface area contributed by atoms with Gasteiger partial charge in [0.15, 0.2) is 0 Å². The summed E-state index contributed by atoms with van der Waals surface area (Å²) in [5.41, 5.74) is -1.65. The molecule has 9 nitrogen and oxygen atoms in total. The summed E-state index contributed by atoms with van der Waals surface area (Å²) in [6.45, 7) is 4.48. The molecule has 0 saturated heterocycles. The van der Waals surface area contributed by atoms with Gasteiger partial charge in [-0.1, -0.05) is 6.58 Å². The molecule has 9 heteroatoms. The Morgan fingerprint density at radius 1 is 1.11 bits per heavy atom. The van der Waals surface area contributed by atoms with Crippen molar-refractivity contribution in [3.05, 3.63) is 44.2 Å². The second-order valence-corrected chi connectivity index (χ2v) is 3.01. The van der Waals surface area contributed by atoms with Gasteiger partial charge >= 0.3 is 17.3 Å². The van der Waals surface area contributed by atoms with Gasteiger partial charge in [-0.05, 0) is 0 Å². The van der Waals surface area contributed by atoms with E-state index in [1.54, 1.807) is 0 Å². The lowest BCUT2D eigenvalue weighted by Gasteiger charge is -1.83. The number of nitrogens with one attached hydrogen (secondary N) is 4. The number of rotatable bonds is 1. The average molecular weight is 254 g/mol. The highest BCUT2D eigenvalue weighted by Crippen LogP contribution is 1.88. The Kier molecular flexibility index (Phi) is 4.02. The lowest BCUT2D eigenvalue weighted by molar-refractivity contribution is -0.135. The van der Waals surface area contributed by atoms with E-state index in [0.29, 0.717) is 0 Å². The lowest BCUT2D eigenvalue weighted by atomic mass is 10.5. The topological polar surface area (TPSA) is 141 Å². The molecule has 0 spiro atoms. The second kappa shape index (κ2) is 5.48. The van der Waals surface area contributed by atoms with Crippen molar-refractivity contribution >= 4 is 17.1 Å². The standard InChI is InChI=1S/C5H4N4O3.C4H6O2/c10-3-1-2(7-4(11)6-1)8-5(12)9-3;1-3-6-4(2)5/h(H4,6,7,8,9,10,11,12);3H,1H2,2H3. The zero-order chi connectivity index (χ0) is 13.7. The third-order valence-electron chi connectivity index (χ3n) is 1.67. The van der Waals surface area contributed by atoms with Crippen molar-refractivity contribution in [3.63, 3.8) is 0 Å². The van der Waals surface area contributed by atoms with Crippen LogP contribution in [0.5, 0.6) is 0 Å². The third kappa shape index (κ3) is 3.33. The van der Waals surface area contributed by atoms with Gasteiger partial charge in [0.05, 0.1) is 6.26 Å². The van der Waals surface area contributed by atoms with Crippen LogP contribution >= 0.6 is 0 Å². The van der Waals surface area contributed by atoms with Crippen molar-refractivity contribution in [1.29, 1.82) is 0 Å². The highest BCUT2D eigenvalue weighted by molar-refractivity contribution is 5.67. The minimum Gasteiger partial charge on any atom is -0.435 e. The van der Waals surface area contributed by atoms with Gasteiger partial charge in [0.2, 0.25) is 0 Å². The summed E-state index contributed by atoms with van der Waals surface area (Å²) in [6, 6.07) is 0. The second-order valence-electron chi connectivity index (χ2n) is 3.01. The van der Waals surface area contributed by atoms with E-state index in [1.165, 1.54) is 6.92 Å². The Hall–Kier alpha value is -2.84. The van der Waals surface area contributed by atoms with Gasteiger partial charge in [0.25, 0.3) is 5.56 Å². The summed E-state index contributed by atoms with van der Waals surface area (Å²) in [5, 5.41) is 0. The zero-order valence-electron chi connectivity index (χ0n) is 9.33. The molecule has 0 aliphatic rings. The van der Waals surface area contributed by atoms with Crippen LogP contribution in [0.25, 0.3) is 11.2 Å². The molecule has 0 amide bonds. The normalized spacial score (nSPS) is 9.39. The van der Waals surface area contributed by atoms with Crippen LogP contribution in [0.3, 0.4) is 0 Å². The van der Waals surface area contributed by atoms with Crippen molar-refractivity contribution in [1.82, 2.24) is 19.9 Å². The average Bonchev–Trinajstić information content (AvgIpc) is 2.59. The van der Waals surface area contributed by atoms with Crippen LogP contribution in [0.4, 0.5) is 0 Å². The van der Waals surface area contributed by atoms with Crippen molar-refractivity contribution in [2.75, 3.05) is 0 Å². The molecule has 0 aliphatic carbocycles. The highest BCUT2D eigenvalue weighted by Gasteiger charge is 2.02. The first-order valence-corrected chi connectivity index (χ1v) is 4.66. The molecule has 96 valence electrons. The van der Waals surface area contributed by atoms with Crippen molar-refractivity contribution in [2.24, 2.45) is 0 Å². The van der Waals surface area contributed by atoms with E-state index in [4.69, 9.17) is 0 Å². The number of fused-ring (bicyclic) bond motifs is 1. The molecule has 2 heterocycles. The Labute approximate surface area is 98.5 Å².